The molecule has 0 bridgehead atoms. The van der Waals surface area contributed by atoms with Gasteiger partial charge in [-0.2, -0.15) is 0 Å². The molecule has 4 heteroatoms. The van der Waals surface area contributed by atoms with Crippen molar-refractivity contribution in [1.82, 2.24) is 10.2 Å². The second-order valence-electron chi connectivity index (χ2n) is 6.49. The number of likely N-dealkylation sites (tertiary alicyclic amines) is 1. The number of nitrogens with zero attached hydrogens (tertiary/aromatic N) is 1. The van der Waals surface area contributed by atoms with Gasteiger partial charge in [0.25, 0.3) is 5.91 Å². The maximum Gasteiger partial charge on any atom is 0.251 e. The lowest BCUT2D eigenvalue weighted by Crippen LogP contribution is -2.29. The number of benzene rings is 2. The predicted octanol–water partition coefficient (Wildman–Crippen LogP) is 3.30. The van der Waals surface area contributed by atoms with Gasteiger partial charge in [-0.15, -0.1) is 0 Å². The van der Waals surface area contributed by atoms with Gasteiger partial charge in [-0.1, -0.05) is 48.0 Å². The fraction of sp³-hybridized carbons (Fsp3) is 0.316. The van der Waals surface area contributed by atoms with E-state index in [1.165, 1.54) is 5.56 Å². The highest BCUT2D eigenvalue weighted by atomic mass is 35.5. The quantitative estimate of drug-likeness (QED) is 0.918. The molecule has 118 valence electrons. The Kier molecular flexibility index (Phi) is 3.83. The van der Waals surface area contributed by atoms with Gasteiger partial charge < -0.3 is 5.32 Å². The number of fused-ring (bicyclic) bond motifs is 3. The molecule has 4 rings (SSSR count). The standard InChI is InChI=1S/C19H19ClN2O/c20-15-6-7-16-17(8-15)19(23)21-9-14-11-22(12-18(14)16)10-13-4-2-1-3-5-13/h1-8,14,18H,9-12H2,(H,21,23)/t14-,18-/m0/s1. The van der Waals surface area contributed by atoms with Gasteiger partial charge in [0.15, 0.2) is 0 Å². The average molecular weight is 327 g/mol. The molecule has 0 saturated carbocycles. The third-order valence-corrected chi connectivity index (χ3v) is 5.18. The van der Waals surface area contributed by atoms with Crippen molar-refractivity contribution in [2.75, 3.05) is 19.6 Å². The van der Waals surface area contributed by atoms with E-state index in [1.54, 1.807) is 6.07 Å². The molecule has 2 aromatic carbocycles. The fourth-order valence-electron chi connectivity index (χ4n) is 3.86. The molecule has 2 aliphatic rings. The van der Waals surface area contributed by atoms with Crippen LogP contribution in [-0.2, 0) is 6.54 Å². The Hall–Kier alpha value is -1.84. The summed E-state index contributed by atoms with van der Waals surface area (Å²) in [5.41, 5.74) is 3.22. The van der Waals surface area contributed by atoms with Crippen LogP contribution in [0.1, 0.15) is 27.4 Å². The minimum absolute atomic E-state index is 0.00603. The van der Waals surface area contributed by atoms with Gasteiger partial charge in [0.05, 0.1) is 0 Å². The lowest BCUT2D eigenvalue weighted by molar-refractivity contribution is 0.0951. The van der Waals surface area contributed by atoms with E-state index in [2.05, 4.69) is 34.5 Å². The molecule has 23 heavy (non-hydrogen) atoms. The molecule has 0 aliphatic carbocycles. The number of carbonyl (C=O) groups excluding carboxylic acids is 1. The Balaban J connectivity index is 1.60. The third-order valence-electron chi connectivity index (χ3n) is 4.95. The van der Waals surface area contributed by atoms with Crippen LogP contribution in [0.3, 0.4) is 0 Å². The monoisotopic (exact) mass is 326 g/mol. The number of hydrogen-bond donors (Lipinski definition) is 1. The fourth-order valence-corrected chi connectivity index (χ4v) is 4.03. The zero-order valence-corrected chi connectivity index (χ0v) is 13.6. The van der Waals surface area contributed by atoms with E-state index in [-0.39, 0.29) is 5.91 Å². The van der Waals surface area contributed by atoms with Crippen LogP contribution in [0, 0.1) is 5.92 Å². The first-order chi connectivity index (χ1) is 11.2. The third kappa shape index (κ3) is 2.87. The summed E-state index contributed by atoms with van der Waals surface area (Å²) in [6, 6.07) is 16.3. The highest BCUT2D eigenvalue weighted by molar-refractivity contribution is 6.31. The molecular formula is C19H19ClN2O. The van der Waals surface area contributed by atoms with Gasteiger partial charge in [-0.3, -0.25) is 9.69 Å². The Morgan fingerprint density at radius 2 is 1.96 bits per heavy atom. The van der Waals surface area contributed by atoms with Crippen LogP contribution in [0.15, 0.2) is 48.5 Å². The second-order valence-corrected chi connectivity index (χ2v) is 6.92. The summed E-state index contributed by atoms with van der Waals surface area (Å²) in [4.78, 5) is 14.8. The Bertz CT molecular complexity index is 731. The lowest BCUT2D eigenvalue weighted by atomic mass is 9.87. The van der Waals surface area contributed by atoms with Crippen molar-refractivity contribution in [3.8, 4) is 0 Å². The van der Waals surface area contributed by atoms with E-state index in [0.717, 1.165) is 37.3 Å². The van der Waals surface area contributed by atoms with Crippen LogP contribution in [-0.4, -0.2) is 30.4 Å². The SMILES string of the molecule is O=C1NC[C@H]2CN(Cc3ccccc3)C[C@@H]2c2ccc(Cl)cc21. The van der Waals surface area contributed by atoms with E-state index >= 15 is 0 Å². The molecule has 0 unspecified atom stereocenters. The van der Waals surface area contributed by atoms with Crippen LogP contribution in [0.2, 0.25) is 5.02 Å². The summed E-state index contributed by atoms with van der Waals surface area (Å²) in [5, 5.41) is 3.68. The molecule has 2 heterocycles. The number of rotatable bonds is 2. The van der Waals surface area contributed by atoms with Gasteiger partial charge in [0.1, 0.15) is 0 Å². The van der Waals surface area contributed by atoms with Gasteiger partial charge in [-0.05, 0) is 29.2 Å². The second kappa shape index (κ2) is 5.99. The smallest absolute Gasteiger partial charge is 0.251 e. The highest BCUT2D eigenvalue weighted by Gasteiger charge is 2.37. The molecule has 2 aliphatic heterocycles. The van der Waals surface area contributed by atoms with Crippen molar-refractivity contribution in [2.24, 2.45) is 5.92 Å². The highest BCUT2D eigenvalue weighted by Crippen LogP contribution is 2.37. The minimum atomic E-state index is 0.00603. The topological polar surface area (TPSA) is 32.3 Å². The summed E-state index contributed by atoms with van der Waals surface area (Å²) in [6.07, 6.45) is 0. The number of hydrogen-bond acceptors (Lipinski definition) is 2. The van der Waals surface area contributed by atoms with Crippen molar-refractivity contribution in [3.63, 3.8) is 0 Å². The summed E-state index contributed by atoms with van der Waals surface area (Å²) in [6.45, 7) is 3.71. The molecule has 2 atom stereocenters. The Labute approximate surface area is 141 Å². The number of carbonyl (C=O) groups is 1. The Morgan fingerprint density at radius 3 is 2.78 bits per heavy atom. The molecule has 3 nitrogen and oxygen atoms in total. The summed E-state index contributed by atoms with van der Waals surface area (Å²) >= 11 is 6.08. The number of halogens is 1. The molecule has 0 radical (unpaired) electrons. The normalized spacial score (nSPS) is 23.8. The van der Waals surface area contributed by atoms with Gasteiger partial charge >= 0.3 is 0 Å². The van der Waals surface area contributed by atoms with E-state index in [4.69, 9.17) is 11.6 Å². The van der Waals surface area contributed by atoms with Crippen molar-refractivity contribution in [1.29, 1.82) is 0 Å². The van der Waals surface area contributed by atoms with Crippen molar-refractivity contribution in [2.45, 2.75) is 12.5 Å². The summed E-state index contributed by atoms with van der Waals surface area (Å²) < 4.78 is 0. The summed E-state index contributed by atoms with van der Waals surface area (Å²) in [5.74, 6) is 0.863. The van der Waals surface area contributed by atoms with E-state index in [0.29, 0.717) is 16.9 Å². The van der Waals surface area contributed by atoms with Crippen LogP contribution >= 0.6 is 11.6 Å². The molecule has 1 saturated heterocycles. The first-order valence-electron chi connectivity index (χ1n) is 8.04. The van der Waals surface area contributed by atoms with Crippen LogP contribution in [0.5, 0.6) is 0 Å². The first kappa shape index (κ1) is 14.7. The van der Waals surface area contributed by atoms with E-state index < -0.39 is 0 Å². The lowest BCUT2D eigenvalue weighted by Gasteiger charge is -2.17. The zero-order valence-electron chi connectivity index (χ0n) is 12.8. The van der Waals surface area contributed by atoms with Crippen LogP contribution in [0.4, 0.5) is 0 Å². The van der Waals surface area contributed by atoms with E-state index in [1.807, 2.05) is 18.2 Å². The largest absolute Gasteiger partial charge is 0.352 e. The van der Waals surface area contributed by atoms with E-state index in [9.17, 15) is 4.79 Å². The average Bonchev–Trinajstić information content (AvgIpc) is 2.91. The van der Waals surface area contributed by atoms with Gasteiger partial charge in [0.2, 0.25) is 0 Å². The Morgan fingerprint density at radius 1 is 1.13 bits per heavy atom. The number of amides is 1. The van der Waals surface area contributed by atoms with Crippen LogP contribution in [0.25, 0.3) is 0 Å². The molecule has 1 fully saturated rings. The van der Waals surface area contributed by atoms with Crippen molar-refractivity contribution >= 4 is 17.5 Å². The van der Waals surface area contributed by atoms with Gasteiger partial charge in [-0.25, -0.2) is 0 Å². The maximum absolute atomic E-state index is 12.3. The molecular weight excluding hydrogens is 308 g/mol. The van der Waals surface area contributed by atoms with Crippen molar-refractivity contribution < 1.29 is 4.79 Å². The molecule has 2 aromatic rings. The molecule has 1 N–H and O–H groups in total. The zero-order chi connectivity index (χ0) is 15.8. The van der Waals surface area contributed by atoms with Crippen molar-refractivity contribution in [3.05, 3.63) is 70.2 Å². The number of nitrogens with one attached hydrogen (secondary N) is 1. The molecule has 0 aromatic heterocycles. The predicted molar refractivity (Wildman–Crippen MR) is 91.7 cm³/mol. The van der Waals surface area contributed by atoms with Gasteiger partial charge in [0, 0.05) is 42.7 Å². The molecule has 0 spiro atoms. The maximum atomic E-state index is 12.3. The summed E-state index contributed by atoms with van der Waals surface area (Å²) in [7, 11) is 0. The first-order valence-corrected chi connectivity index (χ1v) is 8.42. The molecule has 1 amide bonds. The van der Waals surface area contributed by atoms with Crippen LogP contribution < -0.4 is 5.32 Å². The minimum Gasteiger partial charge on any atom is -0.352 e.